The van der Waals surface area contributed by atoms with Crippen molar-refractivity contribution in [1.29, 1.82) is 0 Å². The average Bonchev–Trinajstić information content (AvgIpc) is 3.04. The van der Waals surface area contributed by atoms with E-state index in [0.29, 0.717) is 26.2 Å². The van der Waals surface area contributed by atoms with Gasteiger partial charge in [0, 0.05) is 27.4 Å². The molecule has 1 N–H and O–H groups in total. The molecule has 0 unspecified atom stereocenters. The minimum atomic E-state index is -0.371. The van der Waals surface area contributed by atoms with Crippen LogP contribution in [-0.4, -0.2) is 11.7 Å². The zero-order valence-corrected chi connectivity index (χ0v) is 18.9. The van der Waals surface area contributed by atoms with Crippen LogP contribution in [-0.2, 0) is 5.41 Å². The first kappa shape index (κ1) is 21.6. The Morgan fingerprint density at radius 3 is 2.03 bits per heavy atom. The average molecular weight is 446 g/mol. The van der Waals surface area contributed by atoms with Crippen LogP contribution in [0.5, 0.6) is 0 Å². The first-order valence-corrected chi connectivity index (χ1v) is 10.6. The molecule has 0 aliphatic carbocycles. The number of amides is 1. The Bertz CT molecular complexity index is 1060. The molecule has 3 rings (SSSR count). The van der Waals surface area contributed by atoms with Crippen molar-refractivity contribution in [3.05, 3.63) is 74.6 Å². The monoisotopic (exact) mass is 445 g/mol. The van der Waals surface area contributed by atoms with Crippen LogP contribution in [0, 0.1) is 0 Å². The number of carbonyl (C=O) groups is 2. The molecular weight excluding hydrogens is 425 g/mol. The zero-order valence-electron chi connectivity index (χ0n) is 16.6. The van der Waals surface area contributed by atoms with Gasteiger partial charge in [0.25, 0.3) is 5.91 Å². The number of nitrogens with one attached hydrogen (secondary N) is 1. The SMILES string of the molecule is CC(=O)c1sc(-c2ccc(C(C)(C)C)cc2)cc1NC(=O)c1cc(Cl)cc(Cl)c1. The Morgan fingerprint density at radius 1 is 0.931 bits per heavy atom. The van der Waals surface area contributed by atoms with Gasteiger partial charge in [0.2, 0.25) is 0 Å². The fourth-order valence-electron chi connectivity index (χ4n) is 2.90. The lowest BCUT2D eigenvalue weighted by atomic mass is 9.86. The second-order valence-electron chi connectivity index (χ2n) is 7.85. The van der Waals surface area contributed by atoms with Crippen LogP contribution in [0.25, 0.3) is 10.4 Å². The quantitative estimate of drug-likeness (QED) is 0.423. The van der Waals surface area contributed by atoms with Crippen molar-refractivity contribution in [2.24, 2.45) is 0 Å². The molecule has 0 radical (unpaired) electrons. The van der Waals surface area contributed by atoms with Crippen LogP contribution in [0.4, 0.5) is 5.69 Å². The highest BCUT2D eigenvalue weighted by atomic mass is 35.5. The minimum absolute atomic E-state index is 0.0654. The molecule has 3 aromatic rings. The molecule has 0 spiro atoms. The van der Waals surface area contributed by atoms with E-state index in [1.165, 1.54) is 36.0 Å². The van der Waals surface area contributed by atoms with Crippen molar-refractivity contribution in [2.75, 3.05) is 5.32 Å². The normalized spacial score (nSPS) is 11.4. The molecular formula is C23H21Cl2NO2S. The smallest absolute Gasteiger partial charge is 0.255 e. The van der Waals surface area contributed by atoms with Gasteiger partial charge in [0.05, 0.1) is 10.6 Å². The van der Waals surface area contributed by atoms with Gasteiger partial charge in [-0.05, 0) is 40.8 Å². The minimum Gasteiger partial charge on any atom is -0.321 e. The second kappa shape index (κ2) is 8.31. The third-order valence-electron chi connectivity index (χ3n) is 4.46. The Balaban J connectivity index is 1.93. The summed E-state index contributed by atoms with van der Waals surface area (Å²) < 4.78 is 0. The molecule has 0 fully saturated rings. The molecule has 0 aliphatic heterocycles. The summed E-state index contributed by atoms with van der Waals surface area (Å²) in [5.74, 6) is -0.476. The van der Waals surface area contributed by atoms with Gasteiger partial charge in [-0.3, -0.25) is 9.59 Å². The fraction of sp³-hybridized carbons (Fsp3) is 0.217. The number of Topliss-reactive ketones (excluding diaryl/α,β-unsaturated/α-hetero) is 1. The fourth-order valence-corrected chi connectivity index (χ4v) is 4.44. The van der Waals surface area contributed by atoms with E-state index in [4.69, 9.17) is 23.2 Å². The summed E-state index contributed by atoms with van der Waals surface area (Å²) in [6.45, 7) is 7.98. The van der Waals surface area contributed by atoms with Gasteiger partial charge in [-0.15, -0.1) is 11.3 Å². The van der Waals surface area contributed by atoms with Crippen molar-refractivity contribution in [3.8, 4) is 10.4 Å². The first-order valence-electron chi connectivity index (χ1n) is 9.08. The second-order valence-corrected chi connectivity index (χ2v) is 9.77. The number of thiophene rings is 1. The van der Waals surface area contributed by atoms with Gasteiger partial charge in [-0.2, -0.15) is 0 Å². The van der Waals surface area contributed by atoms with Gasteiger partial charge in [0.1, 0.15) is 0 Å². The number of hydrogen-bond donors (Lipinski definition) is 1. The molecule has 0 aliphatic rings. The van der Waals surface area contributed by atoms with E-state index in [1.807, 2.05) is 18.2 Å². The van der Waals surface area contributed by atoms with E-state index in [0.717, 1.165) is 10.4 Å². The molecule has 6 heteroatoms. The number of rotatable bonds is 4. The standard InChI is InChI=1S/C23H21Cl2NO2S/c1-13(27)21-19(26-22(28)15-9-17(24)11-18(25)10-15)12-20(29-21)14-5-7-16(8-6-14)23(2,3)4/h5-12H,1-4H3,(H,26,28). The summed E-state index contributed by atoms with van der Waals surface area (Å²) in [6.07, 6.45) is 0. The van der Waals surface area contributed by atoms with Crippen molar-refractivity contribution in [3.63, 3.8) is 0 Å². The molecule has 3 nitrogen and oxygen atoms in total. The summed E-state index contributed by atoms with van der Waals surface area (Å²) >= 11 is 13.3. The summed E-state index contributed by atoms with van der Waals surface area (Å²) in [5.41, 5.74) is 3.11. The van der Waals surface area contributed by atoms with E-state index in [1.54, 1.807) is 6.07 Å². The molecule has 150 valence electrons. The van der Waals surface area contributed by atoms with Crippen LogP contribution in [0.2, 0.25) is 10.0 Å². The molecule has 0 bridgehead atoms. The Morgan fingerprint density at radius 2 is 1.52 bits per heavy atom. The van der Waals surface area contributed by atoms with Gasteiger partial charge in [-0.1, -0.05) is 68.2 Å². The first-order chi connectivity index (χ1) is 13.5. The molecule has 2 aromatic carbocycles. The number of halogens is 2. The number of ketones is 1. The summed E-state index contributed by atoms with van der Waals surface area (Å²) in [7, 11) is 0. The van der Waals surface area contributed by atoms with E-state index >= 15 is 0 Å². The van der Waals surface area contributed by atoms with Crippen LogP contribution in [0.3, 0.4) is 0 Å². The summed E-state index contributed by atoms with van der Waals surface area (Å²) in [6, 6.07) is 14.7. The van der Waals surface area contributed by atoms with Crippen molar-refractivity contribution < 1.29 is 9.59 Å². The maximum absolute atomic E-state index is 12.7. The molecule has 0 atom stereocenters. The summed E-state index contributed by atoms with van der Waals surface area (Å²) in [5, 5.41) is 3.57. The Kier molecular flexibility index (Phi) is 6.18. The van der Waals surface area contributed by atoms with Crippen LogP contribution < -0.4 is 5.32 Å². The van der Waals surface area contributed by atoms with E-state index in [2.05, 4.69) is 38.2 Å². The number of benzene rings is 2. The van der Waals surface area contributed by atoms with Crippen molar-refractivity contribution >= 4 is 51.9 Å². The predicted octanol–water partition coefficient (Wildman–Crippen LogP) is 7.47. The largest absolute Gasteiger partial charge is 0.321 e. The molecule has 0 saturated carbocycles. The molecule has 1 heterocycles. The number of anilines is 1. The van der Waals surface area contributed by atoms with E-state index in [9.17, 15) is 9.59 Å². The van der Waals surface area contributed by atoms with Crippen molar-refractivity contribution in [1.82, 2.24) is 0 Å². The number of carbonyl (C=O) groups excluding carboxylic acids is 2. The Labute approximate surface area is 184 Å². The Hall–Kier alpha value is -2.14. The van der Waals surface area contributed by atoms with Crippen molar-refractivity contribution in [2.45, 2.75) is 33.1 Å². The molecule has 29 heavy (non-hydrogen) atoms. The maximum Gasteiger partial charge on any atom is 0.255 e. The molecule has 1 amide bonds. The van der Waals surface area contributed by atoms with Gasteiger partial charge in [0.15, 0.2) is 5.78 Å². The highest BCUT2D eigenvalue weighted by Crippen LogP contribution is 2.36. The van der Waals surface area contributed by atoms with Crippen LogP contribution in [0.1, 0.15) is 53.3 Å². The maximum atomic E-state index is 12.7. The topological polar surface area (TPSA) is 46.2 Å². The van der Waals surface area contributed by atoms with Gasteiger partial charge >= 0.3 is 0 Å². The lowest BCUT2D eigenvalue weighted by Crippen LogP contribution is -2.13. The third kappa shape index (κ3) is 5.08. The molecule has 0 saturated heterocycles. The van der Waals surface area contributed by atoms with E-state index < -0.39 is 0 Å². The highest BCUT2D eigenvalue weighted by Gasteiger charge is 2.18. The zero-order chi connectivity index (χ0) is 21.3. The van der Waals surface area contributed by atoms with Gasteiger partial charge < -0.3 is 5.32 Å². The predicted molar refractivity (Wildman–Crippen MR) is 123 cm³/mol. The van der Waals surface area contributed by atoms with Crippen LogP contribution in [0.15, 0.2) is 48.5 Å². The van der Waals surface area contributed by atoms with Crippen LogP contribution >= 0.6 is 34.5 Å². The lowest BCUT2D eigenvalue weighted by molar-refractivity contribution is 0.102. The van der Waals surface area contributed by atoms with Gasteiger partial charge in [-0.25, -0.2) is 0 Å². The molecule has 1 aromatic heterocycles. The highest BCUT2D eigenvalue weighted by molar-refractivity contribution is 7.18. The lowest BCUT2D eigenvalue weighted by Gasteiger charge is -2.18. The number of hydrogen-bond acceptors (Lipinski definition) is 3. The summed E-state index contributed by atoms with van der Waals surface area (Å²) in [4.78, 5) is 26.2. The van der Waals surface area contributed by atoms with E-state index in [-0.39, 0.29) is 17.1 Å². The third-order valence-corrected chi connectivity index (χ3v) is 6.18.